The fourth-order valence-corrected chi connectivity index (χ4v) is 1.83. The average Bonchev–Trinajstić information content (AvgIpc) is 2.32. The first-order valence-electron chi connectivity index (χ1n) is 5.76. The van der Waals surface area contributed by atoms with Crippen LogP contribution in [0.4, 0.5) is 13.2 Å². The number of alkyl halides is 3. The number of hydrogen-bond donors (Lipinski definition) is 1. The number of nitrogens with zero attached hydrogens (tertiary/aromatic N) is 2. The van der Waals surface area contributed by atoms with Gasteiger partial charge in [-0.25, -0.2) is 9.97 Å². The van der Waals surface area contributed by atoms with E-state index in [0.29, 0.717) is 0 Å². The third-order valence-corrected chi connectivity index (χ3v) is 2.90. The van der Waals surface area contributed by atoms with Crippen LogP contribution in [0, 0.1) is 0 Å². The molecule has 1 aromatic heterocycles. The van der Waals surface area contributed by atoms with Crippen LogP contribution in [0.2, 0.25) is 0 Å². The van der Waals surface area contributed by atoms with Crippen molar-refractivity contribution in [2.45, 2.75) is 38.1 Å². The molecular weight excluding hydrogens is 247 g/mol. The molecule has 18 heavy (non-hydrogen) atoms. The highest BCUT2D eigenvalue weighted by molar-refractivity contribution is 5.11. The fourth-order valence-electron chi connectivity index (χ4n) is 1.83. The lowest BCUT2D eigenvalue weighted by Gasteiger charge is -2.29. The summed E-state index contributed by atoms with van der Waals surface area (Å²) < 4.78 is 42.4. The largest absolute Gasteiger partial charge is 0.459 e. The second kappa shape index (κ2) is 5.09. The van der Waals surface area contributed by atoms with E-state index < -0.39 is 11.7 Å². The predicted octanol–water partition coefficient (Wildman–Crippen LogP) is 2.01. The molecule has 0 radical (unpaired) electrons. The van der Waals surface area contributed by atoms with Gasteiger partial charge in [0.15, 0.2) is 0 Å². The molecule has 1 N–H and O–H groups in total. The molecule has 1 aliphatic heterocycles. The Kier molecular flexibility index (Phi) is 3.70. The van der Waals surface area contributed by atoms with Gasteiger partial charge in [-0.1, -0.05) is 0 Å². The standard InChI is InChI=1S/C11H14F3N3O/c1-7-9(3-2-4-15-7)18-10-16-5-8(6-17-10)11(12,13)14/h5-7,9,15H,2-4H2,1H3/t7-,9+/m0/s1. The van der Waals surface area contributed by atoms with Crippen LogP contribution >= 0.6 is 0 Å². The van der Waals surface area contributed by atoms with Crippen molar-refractivity contribution < 1.29 is 17.9 Å². The Morgan fingerprint density at radius 3 is 2.56 bits per heavy atom. The lowest BCUT2D eigenvalue weighted by atomic mass is 10.0. The lowest BCUT2D eigenvalue weighted by molar-refractivity contribution is -0.138. The molecule has 2 rings (SSSR count). The van der Waals surface area contributed by atoms with E-state index in [0.717, 1.165) is 31.8 Å². The van der Waals surface area contributed by atoms with Gasteiger partial charge in [0.25, 0.3) is 0 Å². The minimum absolute atomic E-state index is 0.0106. The van der Waals surface area contributed by atoms with Gasteiger partial charge in [-0.05, 0) is 26.3 Å². The van der Waals surface area contributed by atoms with Gasteiger partial charge in [0.2, 0.25) is 0 Å². The van der Waals surface area contributed by atoms with Crippen molar-refractivity contribution >= 4 is 0 Å². The highest BCUT2D eigenvalue weighted by Gasteiger charge is 2.31. The molecule has 1 saturated heterocycles. The van der Waals surface area contributed by atoms with E-state index in [1.54, 1.807) is 0 Å². The van der Waals surface area contributed by atoms with Crippen LogP contribution < -0.4 is 10.1 Å². The molecule has 1 aromatic rings. The number of ether oxygens (including phenoxy) is 1. The lowest BCUT2D eigenvalue weighted by Crippen LogP contribution is -2.45. The molecule has 0 aliphatic carbocycles. The van der Waals surface area contributed by atoms with Gasteiger partial charge < -0.3 is 10.1 Å². The maximum absolute atomic E-state index is 12.3. The van der Waals surface area contributed by atoms with E-state index >= 15 is 0 Å². The highest BCUT2D eigenvalue weighted by atomic mass is 19.4. The summed E-state index contributed by atoms with van der Waals surface area (Å²) in [5, 5.41) is 3.23. The molecule has 0 saturated carbocycles. The third kappa shape index (κ3) is 3.10. The number of rotatable bonds is 2. The smallest absolute Gasteiger partial charge is 0.419 e. The fraction of sp³-hybridized carbons (Fsp3) is 0.636. The summed E-state index contributed by atoms with van der Waals surface area (Å²) in [4.78, 5) is 7.19. The zero-order valence-electron chi connectivity index (χ0n) is 9.87. The number of aromatic nitrogens is 2. The molecule has 2 atom stereocenters. The van der Waals surface area contributed by atoms with Gasteiger partial charge in [0.05, 0.1) is 5.56 Å². The van der Waals surface area contributed by atoms with E-state index in [-0.39, 0.29) is 18.2 Å². The van der Waals surface area contributed by atoms with Crippen LogP contribution in [-0.2, 0) is 6.18 Å². The zero-order valence-corrected chi connectivity index (χ0v) is 9.87. The Bertz CT molecular complexity index is 394. The molecule has 4 nitrogen and oxygen atoms in total. The Hall–Kier alpha value is -1.37. The van der Waals surface area contributed by atoms with Crippen molar-refractivity contribution in [3.05, 3.63) is 18.0 Å². The predicted molar refractivity (Wildman–Crippen MR) is 58.1 cm³/mol. The number of nitrogens with one attached hydrogen (secondary N) is 1. The van der Waals surface area contributed by atoms with Crippen molar-refractivity contribution in [2.75, 3.05) is 6.54 Å². The van der Waals surface area contributed by atoms with Crippen molar-refractivity contribution in [1.82, 2.24) is 15.3 Å². The second-order valence-electron chi connectivity index (χ2n) is 4.29. The molecule has 0 spiro atoms. The quantitative estimate of drug-likeness (QED) is 0.884. The Labute approximate surface area is 103 Å². The van der Waals surface area contributed by atoms with Crippen molar-refractivity contribution in [3.63, 3.8) is 0 Å². The van der Waals surface area contributed by atoms with Crippen LogP contribution in [0.25, 0.3) is 0 Å². The maximum Gasteiger partial charge on any atom is 0.419 e. The Morgan fingerprint density at radius 2 is 2.00 bits per heavy atom. The van der Waals surface area contributed by atoms with E-state index in [4.69, 9.17) is 4.74 Å². The summed E-state index contributed by atoms with van der Waals surface area (Å²) in [6.07, 6.45) is -1.23. The molecular formula is C11H14F3N3O. The highest BCUT2D eigenvalue weighted by Crippen LogP contribution is 2.28. The normalized spacial score (nSPS) is 24.9. The number of hydrogen-bond acceptors (Lipinski definition) is 4. The zero-order chi connectivity index (χ0) is 13.2. The molecule has 0 aromatic carbocycles. The van der Waals surface area contributed by atoms with Gasteiger partial charge >= 0.3 is 12.2 Å². The van der Waals surface area contributed by atoms with E-state index in [9.17, 15) is 13.2 Å². The second-order valence-corrected chi connectivity index (χ2v) is 4.29. The Balaban J connectivity index is 2.02. The van der Waals surface area contributed by atoms with Crippen molar-refractivity contribution in [1.29, 1.82) is 0 Å². The summed E-state index contributed by atoms with van der Waals surface area (Å²) in [6.45, 7) is 2.89. The first-order chi connectivity index (χ1) is 8.47. The van der Waals surface area contributed by atoms with Crippen LogP contribution in [0.3, 0.4) is 0 Å². The van der Waals surface area contributed by atoms with Crippen molar-refractivity contribution in [3.8, 4) is 6.01 Å². The first-order valence-corrected chi connectivity index (χ1v) is 5.76. The molecule has 0 amide bonds. The summed E-state index contributed by atoms with van der Waals surface area (Å²) in [5.74, 6) is 0. The minimum atomic E-state index is -4.42. The summed E-state index contributed by atoms with van der Waals surface area (Å²) in [7, 11) is 0. The third-order valence-electron chi connectivity index (χ3n) is 2.90. The van der Waals surface area contributed by atoms with Crippen LogP contribution in [0.1, 0.15) is 25.3 Å². The van der Waals surface area contributed by atoms with Crippen LogP contribution in [0.5, 0.6) is 6.01 Å². The summed E-state index contributed by atoms with van der Waals surface area (Å²) in [5.41, 5.74) is -0.871. The molecule has 2 heterocycles. The maximum atomic E-state index is 12.3. The molecule has 100 valence electrons. The molecule has 7 heteroatoms. The molecule has 0 bridgehead atoms. The van der Waals surface area contributed by atoms with E-state index in [2.05, 4.69) is 15.3 Å². The van der Waals surface area contributed by atoms with Crippen molar-refractivity contribution in [2.24, 2.45) is 0 Å². The van der Waals surface area contributed by atoms with E-state index in [1.807, 2.05) is 6.92 Å². The summed E-state index contributed by atoms with van der Waals surface area (Å²) >= 11 is 0. The molecule has 1 aliphatic rings. The van der Waals surface area contributed by atoms with Gasteiger partial charge in [-0.2, -0.15) is 13.2 Å². The minimum Gasteiger partial charge on any atom is -0.459 e. The van der Waals surface area contributed by atoms with Gasteiger partial charge in [-0.15, -0.1) is 0 Å². The topological polar surface area (TPSA) is 47.0 Å². The molecule has 1 fully saturated rings. The van der Waals surface area contributed by atoms with Crippen LogP contribution in [-0.4, -0.2) is 28.7 Å². The summed E-state index contributed by atoms with van der Waals surface area (Å²) in [6, 6.07) is 0.133. The van der Waals surface area contributed by atoms with Gasteiger partial charge in [0.1, 0.15) is 6.10 Å². The first kappa shape index (κ1) is 13.1. The number of halogens is 3. The number of piperidine rings is 1. The SMILES string of the molecule is C[C@@H]1NCCC[C@H]1Oc1ncc(C(F)(F)F)cn1. The Morgan fingerprint density at radius 1 is 1.33 bits per heavy atom. The van der Waals surface area contributed by atoms with E-state index in [1.165, 1.54) is 0 Å². The molecule has 0 unspecified atom stereocenters. The van der Waals surface area contributed by atoms with Gasteiger partial charge in [-0.3, -0.25) is 0 Å². The van der Waals surface area contributed by atoms with Crippen LogP contribution in [0.15, 0.2) is 12.4 Å². The average molecular weight is 261 g/mol. The monoisotopic (exact) mass is 261 g/mol. The van der Waals surface area contributed by atoms with Gasteiger partial charge in [0, 0.05) is 18.4 Å².